The molecule has 2 rings (SSSR count). The van der Waals surface area contributed by atoms with E-state index in [2.05, 4.69) is 17.2 Å². The summed E-state index contributed by atoms with van der Waals surface area (Å²) in [6, 6.07) is 0.258. The Morgan fingerprint density at radius 1 is 1.35 bits per heavy atom. The molecule has 0 amide bonds. The zero-order valence-corrected chi connectivity index (χ0v) is 10.7. The van der Waals surface area contributed by atoms with Crippen molar-refractivity contribution in [1.29, 1.82) is 0 Å². The van der Waals surface area contributed by atoms with Gasteiger partial charge < -0.3 is 9.47 Å². The third kappa shape index (κ3) is 3.39. The molecule has 2 aliphatic rings. The van der Waals surface area contributed by atoms with E-state index in [1.54, 1.807) is 0 Å². The SMILES string of the molecule is CCN1CCOC(C(NN)C2CCOCC2)C1. The van der Waals surface area contributed by atoms with Gasteiger partial charge in [-0.2, -0.15) is 0 Å². The van der Waals surface area contributed by atoms with Crippen LogP contribution in [-0.2, 0) is 9.47 Å². The van der Waals surface area contributed by atoms with E-state index in [9.17, 15) is 0 Å². The summed E-state index contributed by atoms with van der Waals surface area (Å²) in [7, 11) is 0. The minimum absolute atomic E-state index is 0.219. The van der Waals surface area contributed by atoms with Gasteiger partial charge in [0, 0.05) is 26.3 Å². The van der Waals surface area contributed by atoms with Crippen molar-refractivity contribution in [2.45, 2.75) is 31.9 Å². The van der Waals surface area contributed by atoms with Crippen molar-refractivity contribution in [3.63, 3.8) is 0 Å². The molecule has 0 aromatic carbocycles. The largest absolute Gasteiger partial charge is 0.381 e. The molecule has 0 saturated carbocycles. The molecule has 2 atom stereocenters. The first kappa shape index (κ1) is 13.2. The van der Waals surface area contributed by atoms with E-state index in [4.69, 9.17) is 15.3 Å². The maximum Gasteiger partial charge on any atom is 0.0871 e. The van der Waals surface area contributed by atoms with Gasteiger partial charge in [0.1, 0.15) is 0 Å². The molecule has 0 aromatic rings. The standard InChI is InChI=1S/C12H25N3O2/c1-2-15-5-8-17-11(9-15)12(14-13)10-3-6-16-7-4-10/h10-12,14H,2-9,13H2,1H3. The summed E-state index contributed by atoms with van der Waals surface area (Å²) >= 11 is 0. The number of nitrogens with two attached hydrogens (primary N) is 1. The summed E-state index contributed by atoms with van der Waals surface area (Å²) in [6.07, 6.45) is 2.39. The fourth-order valence-electron chi connectivity index (χ4n) is 2.86. The monoisotopic (exact) mass is 243 g/mol. The molecule has 0 spiro atoms. The highest BCUT2D eigenvalue weighted by molar-refractivity contribution is 4.87. The fraction of sp³-hybridized carbons (Fsp3) is 1.00. The molecule has 0 aliphatic carbocycles. The van der Waals surface area contributed by atoms with Gasteiger partial charge in [-0.25, -0.2) is 0 Å². The molecule has 100 valence electrons. The van der Waals surface area contributed by atoms with E-state index in [-0.39, 0.29) is 12.1 Å². The number of hydrazine groups is 1. The van der Waals surface area contributed by atoms with Crippen LogP contribution in [0, 0.1) is 5.92 Å². The van der Waals surface area contributed by atoms with Gasteiger partial charge in [0.05, 0.1) is 18.8 Å². The predicted octanol–water partition coefficient (Wildman–Crippen LogP) is -0.0344. The molecule has 2 aliphatic heterocycles. The van der Waals surface area contributed by atoms with E-state index in [1.807, 2.05) is 0 Å². The molecular weight excluding hydrogens is 218 g/mol. The third-order valence-corrected chi connectivity index (χ3v) is 3.99. The lowest BCUT2D eigenvalue weighted by atomic mass is 9.88. The highest BCUT2D eigenvalue weighted by Crippen LogP contribution is 2.23. The van der Waals surface area contributed by atoms with E-state index in [1.165, 1.54) is 0 Å². The van der Waals surface area contributed by atoms with Crippen LogP contribution in [0.2, 0.25) is 0 Å². The number of rotatable bonds is 4. The Bertz CT molecular complexity index is 222. The average molecular weight is 243 g/mol. The molecule has 2 fully saturated rings. The summed E-state index contributed by atoms with van der Waals surface area (Å²) in [5.41, 5.74) is 2.98. The van der Waals surface area contributed by atoms with Crippen molar-refractivity contribution in [2.24, 2.45) is 11.8 Å². The lowest BCUT2D eigenvalue weighted by Crippen LogP contribution is -2.57. The van der Waals surface area contributed by atoms with Gasteiger partial charge in [-0.3, -0.25) is 16.2 Å². The lowest BCUT2D eigenvalue weighted by molar-refractivity contribution is -0.0660. The summed E-state index contributed by atoms with van der Waals surface area (Å²) in [6.45, 7) is 7.84. The second-order valence-corrected chi connectivity index (χ2v) is 4.94. The van der Waals surface area contributed by atoms with Crippen LogP contribution in [-0.4, -0.2) is 56.5 Å². The van der Waals surface area contributed by atoms with Crippen molar-refractivity contribution >= 4 is 0 Å². The molecule has 0 radical (unpaired) electrons. The number of nitrogens with one attached hydrogen (secondary N) is 1. The minimum Gasteiger partial charge on any atom is -0.381 e. The van der Waals surface area contributed by atoms with Gasteiger partial charge >= 0.3 is 0 Å². The highest BCUT2D eigenvalue weighted by Gasteiger charge is 2.33. The van der Waals surface area contributed by atoms with Crippen molar-refractivity contribution in [1.82, 2.24) is 10.3 Å². The van der Waals surface area contributed by atoms with Gasteiger partial charge in [0.2, 0.25) is 0 Å². The first-order valence-electron chi connectivity index (χ1n) is 6.73. The van der Waals surface area contributed by atoms with Crippen LogP contribution in [0.1, 0.15) is 19.8 Å². The quantitative estimate of drug-likeness (QED) is 0.536. The maximum atomic E-state index is 5.89. The molecule has 2 heterocycles. The lowest BCUT2D eigenvalue weighted by Gasteiger charge is -2.40. The Morgan fingerprint density at radius 3 is 2.76 bits per heavy atom. The van der Waals surface area contributed by atoms with E-state index >= 15 is 0 Å². The fourth-order valence-corrected chi connectivity index (χ4v) is 2.86. The van der Waals surface area contributed by atoms with E-state index in [0.29, 0.717) is 5.92 Å². The van der Waals surface area contributed by atoms with Gasteiger partial charge in [0.15, 0.2) is 0 Å². The van der Waals surface area contributed by atoms with Crippen molar-refractivity contribution < 1.29 is 9.47 Å². The molecule has 2 unspecified atom stereocenters. The van der Waals surface area contributed by atoms with Crippen molar-refractivity contribution in [3.8, 4) is 0 Å². The Morgan fingerprint density at radius 2 is 2.12 bits per heavy atom. The number of likely N-dealkylation sites (N-methyl/N-ethyl adjacent to an activating group) is 1. The maximum absolute atomic E-state index is 5.89. The Balaban J connectivity index is 1.91. The summed E-state index contributed by atoms with van der Waals surface area (Å²) in [5.74, 6) is 6.31. The Hall–Kier alpha value is -0.200. The Labute approximate surface area is 104 Å². The molecule has 17 heavy (non-hydrogen) atoms. The summed E-state index contributed by atoms with van der Waals surface area (Å²) in [5, 5.41) is 0. The van der Waals surface area contributed by atoms with Crippen LogP contribution in [0.15, 0.2) is 0 Å². The smallest absolute Gasteiger partial charge is 0.0871 e. The van der Waals surface area contributed by atoms with Crippen molar-refractivity contribution in [3.05, 3.63) is 0 Å². The number of hydrogen-bond acceptors (Lipinski definition) is 5. The molecular formula is C12H25N3O2. The van der Waals surface area contributed by atoms with Gasteiger partial charge in [0.25, 0.3) is 0 Å². The predicted molar refractivity (Wildman–Crippen MR) is 66.5 cm³/mol. The molecule has 2 saturated heterocycles. The second kappa shape index (κ2) is 6.66. The first-order chi connectivity index (χ1) is 8.35. The highest BCUT2D eigenvalue weighted by atomic mass is 16.5. The third-order valence-electron chi connectivity index (χ3n) is 3.99. The number of hydrogen-bond donors (Lipinski definition) is 2. The Kier molecular flexibility index (Phi) is 5.18. The molecule has 5 heteroatoms. The van der Waals surface area contributed by atoms with E-state index in [0.717, 1.165) is 52.3 Å². The zero-order chi connectivity index (χ0) is 12.1. The van der Waals surface area contributed by atoms with Gasteiger partial charge in [-0.05, 0) is 25.3 Å². The van der Waals surface area contributed by atoms with Crippen LogP contribution in [0.4, 0.5) is 0 Å². The molecule has 5 nitrogen and oxygen atoms in total. The normalized spacial score (nSPS) is 30.4. The summed E-state index contributed by atoms with van der Waals surface area (Å²) in [4.78, 5) is 2.43. The van der Waals surface area contributed by atoms with Crippen LogP contribution in [0.25, 0.3) is 0 Å². The van der Waals surface area contributed by atoms with Crippen LogP contribution >= 0.6 is 0 Å². The first-order valence-corrected chi connectivity index (χ1v) is 6.73. The minimum atomic E-state index is 0.219. The van der Waals surface area contributed by atoms with Gasteiger partial charge in [-0.15, -0.1) is 0 Å². The summed E-state index contributed by atoms with van der Waals surface area (Å²) < 4.78 is 11.3. The molecule has 0 bridgehead atoms. The number of nitrogens with zero attached hydrogens (tertiary/aromatic N) is 1. The topological polar surface area (TPSA) is 59.8 Å². The van der Waals surface area contributed by atoms with E-state index < -0.39 is 0 Å². The zero-order valence-electron chi connectivity index (χ0n) is 10.7. The average Bonchev–Trinajstić information content (AvgIpc) is 2.41. The van der Waals surface area contributed by atoms with Gasteiger partial charge in [-0.1, -0.05) is 6.92 Å². The van der Waals surface area contributed by atoms with Crippen LogP contribution in [0.5, 0.6) is 0 Å². The van der Waals surface area contributed by atoms with Crippen molar-refractivity contribution in [2.75, 3.05) is 39.5 Å². The molecule has 3 N–H and O–H groups in total. The number of morpholine rings is 1. The van der Waals surface area contributed by atoms with Crippen LogP contribution < -0.4 is 11.3 Å². The van der Waals surface area contributed by atoms with Crippen LogP contribution in [0.3, 0.4) is 0 Å². The number of ether oxygens (including phenoxy) is 2. The second-order valence-electron chi connectivity index (χ2n) is 4.94. The molecule has 0 aromatic heterocycles.